The third kappa shape index (κ3) is 3.24. The van der Waals surface area contributed by atoms with E-state index in [2.05, 4.69) is 32.6 Å². The third-order valence-corrected chi connectivity index (χ3v) is 3.95. The van der Waals surface area contributed by atoms with Gasteiger partial charge in [0.2, 0.25) is 0 Å². The van der Waals surface area contributed by atoms with Crippen LogP contribution in [0.25, 0.3) is 21.8 Å². The van der Waals surface area contributed by atoms with E-state index in [9.17, 15) is 9.59 Å². The lowest BCUT2D eigenvalue weighted by Gasteiger charge is -2.06. The molecule has 0 spiro atoms. The number of fused-ring (bicyclic) bond motifs is 3. The molecule has 0 unspecified atom stereocenters. The molecule has 3 aromatic rings. The monoisotopic (exact) mass is 414 g/mol. The predicted molar refractivity (Wildman–Crippen MR) is 93.6 cm³/mol. The van der Waals surface area contributed by atoms with Crippen molar-refractivity contribution in [1.82, 2.24) is 9.97 Å². The molecule has 0 fully saturated rings. The first-order chi connectivity index (χ1) is 10.5. The Labute approximate surface area is 139 Å². The second kappa shape index (κ2) is 6.82. The Morgan fingerprint density at radius 1 is 1.36 bits per heavy atom. The van der Waals surface area contributed by atoms with Gasteiger partial charge in [0, 0.05) is 29.5 Å². The van der Waals surface area contributed by atoms with Crippen LogP contribution in [0.5, 0.6) is 5.75 Å². The fraction of sp³-hybridized carbons (Fsp3) is 0.200. The standard InChI is InChI=1S/C12H9IN2O2.C3H6O2/c1-17-10-5-9-7(4-8(10)13)6-2-3-14-11(6)12(16)15-9;1-2-3(4)5/h2-5,14H,1H3,(H,15,16);2H2,1H3,(H,4,5). The quantitative estimate of drug-likeness (QED) is 0.562. The highest BCUT2D eigenvalue weighted by atomic mass is 127. The molecule has 1 aromatic carbocycles. The van der Waals surface area contributed by atoms with Crippen LogP contribution in [0.15, 0.2) is 29.2 Å². The Kier molecular flexibility index (Phi) is 5.07. The number of aliphatic carboxylic acids is 1. The Morgan fingerprint density at radius 2 is 2.05 bits per heavy atom. The molecule has 0 saturated heterocycles. The van der Waals surface area contributed by atoms with E-state index in [4.69, 9.17) is 9.84 Å². The van der Waals surface area contributed by atoms with Gasteiger partial charge in [0.05, 0.1) is 16.2 Å². The summed E-state index contributed by atoms with van der Waals surface area (Å²) in [5, 5.41) is 9.68. The van der Waals surface area contributed by atoms with Gasteiger partial charge in [-0.3, -0.25) is 9.59 Å². The number of benzene rings is 1. The molecule has 116 valence electrons. The largest absolute Gasteiger partial charge is 0.496 e. The topological polar surface area (TPSA) is 95.2 Å². The maximum Gasteiger partial charge on any atom is 0.303 e. The van der Waals surface area contributed by atoms with E-state index >= 15 is 0 Å². The SMILES string of the molecule is CCC(=O)O.COc1cc2[nH]c(=O)c3[nH]ccc3c2cc1I. The van der Waals surface area contributed by atoms with Crippen molar-refractivity contribution in [3.63, 3.8) is 0 Å². The van der Waals surface area contributed by atoms with Crippen LogP contribution in [-0.4, -0.2) is 28.2 Å². The van der Waals surface area contributed by atoms with Crippen molar-refractivity contribution in [2.45, 2.75) is 13.3 Å². The third-order valence-electron chi connectivity index (χ3n) is 3.11. The summed E-state index contributed by atoms with van der Waals surface area (Å²) in [5.41, 5.74) is 1.29. The number of carboxylic acid groups (broad SMARTS) is 1. The Bertz CT molecular complexity index is 882. The van der Waals surface area contributed by atoms with Gasteiger partial charge < -0.3 is 19.8 Å². The highest BCUT2D eigenvalue weighted by Crippen LogP contribution is 2.29. The van der Waals surface area contributed by atoms with E-state index in [-0.39, 0.29) is 12.0 Å². The number of hydrogen-bond donors (Lipinski definition) is 3. The second-order valence-corrected chi connectivity index (χ2v) is 5.66. The van der Waals surface area contributed by atoms with Gasteiger partial charge in [0.25, 0.3) is 5.56 Å². The lowest BCUT2D eigenvalue weighted by molar-refractivity contribution is -0.136. The maximum absolute atomic E-state index is 11.8. The Balaban J connectivity index is 0.000000309. The molecule has 2 aromatic heterocycles. The van der Waals surface area contributed by atoms with Crippen molar-refractivity contribution in [2.75, 3.05) is 7.11 Å². The van der Waals surface area contributed by atoms with E-state index in [0.29, 0.717) is 5.52 Å². The summed E-state index contributed by atoms with van der Waals surface area (Å²) in [6.45, 7) is 1.60. The molecule has 6 nitrogen and oxygen atoms in total. The molecular weight excluding hydrogens is 399 g/mol. The molecule has 3 rings (SSSR count). The van der Waals surface area contributed by atoms with Crippen LogP contribution in [0.2, 0.25) is 0 Å². The van der Waals surface area contributed by atoms with E-state index in [1.165, 1.54) is 0 Å². The van der Waals surface area contributed by atoms with E-state index in [1.54, 1.807) is 20.2 Å². The van der Waals surface area contributed by atoms with Crippen molar-refractivity contribution in [1.29, 1.82) is 0 Å². The number of hydrogen-bond acceptors (Lipinski definition) is 3. The molecule has 2 heterocycles. The minimum absolute atomic E-state index is 0.110. The van der Waals surface area contributed by atoms with Crippen molar-refractivity contribution >= 4 is 50.4 Å². The summed E-state index contributed by atoms with van der Waals surface area (Å²) in [6.07, 6.45) is 2.00. The first-order valence-corrected chi connectivity index (χ1v) is 7.64. The highest BCUT2D eigenvalue weighted by Gasteiger charge is 2.09. The van der Waals surface area contributed by atoms with Gasteiger partial charge in [-0.15, -0.1) is 0 Å². The van der Waals surface area contributed by atoms with Gasteiger partial charge in [-0.25, -0.2) is 0 Å². The second-order valence-electron chi connectivity index (χ2n) is 4.50. The van der Waals surface area contributed by atoms with Gasteiger partial charge in [-0.1, -0.05) is 6.92 Å². The number of methoxy groups -OCH3 is 1. The minimum atomic E-state index is -0.745. The van der Waals surface area contributed by atoms with Gasteiger partial charge in [-0.2, -0.15) is 0 Å². The minimum Gasteiger partial charge on any atom is -0.496 e. The molecule has 0 aliphatic carbocycles. The van der Waals surface area contributed by atoms with Crippen molar-refractivity contribution in [3.8, 4) is 5.75 Å². The molecular formula is C15H15IN2O4. The predicted octanol–water partition coefficient (Wildman–Crippen LogP) is 3.10. The molecule has 3 N–H and O–H groups in total. The molecule has 0 atom stereocenters. The van der Waals surface area contributed by atoms with Gasteiger partial charge >= 0.3 is 5.97 Å². The van der Waals surface area contributed by atoms with Crippen LogP contribution >= 0.6 is 22.6 Å². The smallest absolute Gasteiger partial charge is 0.303 e. The molecule has 0 saturated carbocycles. The van der Waals surface area contributed by atoms with Crippen LogP contribution in [0.1, 0.15) is 13.3 Å². The molecule has 0 radical (unpaired) electrons. The van der Waals surface area contributed by atoms with E-state index < -0.39 is 5.97 Å². The molecule has 0 aliphatic rings. The normalized spacial score (nSPS) is 10.3. The average molecular weight is 414 g/mol. The lowest BCUT2D eigenvalue weighted by atomic mass is 10.1. The highest BCUT2D eigenvalue weighted by molar-refractivity contribution is 14.1. The van der Waals surface area contributed by atoms with Crippen LogP contribution in [0, 0.1) is 3.57 Å². The summed E-state index contributed by atoms with van der Waals surface area (Å²) in [6, 6.07) is 5.78. The summed E-state index contributed by atoms with van der Waals surface area (Å²) >= 11 is 2.22. The van der Waals surface area contributed by atoms with E-state index in [0.717, 1.165) is 25.6 Å². The Morgan fingerprint density at radius 3 is 2.64 bits per heavy atom. The van der Waals surface area contributed by atoms with Gasteiger partial charge in [0.1, 0.15) is 11.3 Å². The van der Waals surface area contributed by atoms with Crippen LogP contribution in [0.3, 0.4) is 0 Å². The van der Waals surface area contributed by atoms with Crippen LogP contribution < -0.4 is 10.3 Å². The van der Waals surface area contributed by atoms with Crippen molar-refractivity contribution in [3.05, 3.63) is 38.3 Å². The van der Waals surface area contributed by atoms with Crippen molar-refractivity contribution in [2.24, 2.45) is 0 Å². The zero-order chi connectivity index (χ0) is 16.3. The summed E-state index contributed by atoms with van der Waals surface area (Å²) < 4.78 is 6.27. The molecule has 0 amide bonds. The van der Waals surface area contributed by atoms with Crippen molar-refractivity contribution < 1.29 is 14.6 Å². The zero-order valence-corrected chi connectivity index (χ0v) is 14.2. The van der Waals surface area contributed by atoms with Crippen LogP contribution in [-0.2, 0) is 4.79 Å². The fourth-order valence-corrected chi connectivity index (χ4v) is 2.69. The number of carbonyl (C=O) groups is 1. The number of aromatic nitrogens is 2. The number of carboxylic acids is 1. The van der Waals surface area contributed by atoms with Gasteiger partial charge in [0.15, 0.2) is 0 Å². The zero-order valence-electron chi connectivity index (χ0n) is 12.1. The number of H-pyrrole nitrogens is 2. The fourth-order valence-electron chi connectivity index (χ4n) is 2.00. The number of pyridine rings is 1. The lowest BCUT2D eigenvalue weighted by Crippen LogP contribution is -2.06. The summed E-state index contributed by atoms with van der Waals surface area (Å²) in [7, 11) is 1.62. The number of rotatable bonds is 2. The molecule has 0 aliphatic heterocycles. The summed E-state index contributed by atoms with van der Waals surface area (Å²) in [5.74, 6) is 0.0219. The molecule has 0 bridgehead atoms. The number of nitrogens with one attached hydrogen (secondary N) is 2. The number of halogens is 1. The molecule has 7 heteroatoms. The Hall–Kier alpha value is -2.03. The average Bonchev–Trinajstić information content (AvgIpc) is 2.98. The first kappa shape index (κ1) is 16.3. The van der Waals surface area contributed by atoms with E-state index in [1.807, 2.05) is 18.2 Å². The first-order valence-electron chi connectivity index (χ1n) is 6.56. The number of aromatic amines is 2. The molecule has 22 heavy (non-hydrogen) atoms. The summed E-state index contributed by atoms with van der Waals surface area (Å²) in [4.78, 5) is 27.0. The van der Waals surface area contributed by atoms with Gasteiger partial charge in [-0.05, 0) is 34.7 Å². The van der Waals surface area contributed by atoms with Crippen LogP contribution in [0.4, 0.5) is 0 Å². The maximum atomic E-state index is 11.8. The number of ether oxygens (including phenoxy) is 1.